The smallest absolute Gasteiger partial charge is 0.271 e. The van der Waals surface area contributed by atoms with E-state index in [0.29, 0.717) is 6.61 Å². The third-order valence-electron chi connectivity index (χ3n) is 1.87. The van der Waals surface area contributed by atoms with Gasteiger partial charge in [0.15, 0.2) is 0 Å². The van der Waals surface area contributed by atoms with Crippen molar-refractivity contribution >= 4 is 5.91 Å². The van der Waals surface area contributed by atoms with Gasteiger partial charge in [-0.1, -0.05) is 0 Å². The molecular formula is C10H14N2O3. The number of hydroxylamine groups is 2. The Bertz CT molecular complexity index is 303. The molecule has 1 heterocycles. The number of carbonyl (C=O) groups excluding carboxylic acids is 1. The predicted molar refractivity (Wildman–Crippen MR) is 53.7 cm³/mol. The normalized spacial score (nSPS) is 10.0. The molecule has 15 heavy (non-hydrogen) atoms. The van der Waals surface area contributed by atoms with Gasteiger partial charge in [0.2, 0.25) is 0 Å². The average molecular weight is 210 g/mol. The molecular weight excluding hydrogens is 196 g/mol. The molecule has 1 aromatic rings. The van der Waals surface area contributed by atoms with E-state index in [4.69, 9.17) is 9.57 Å². The maximum atomic E-state index is 11.2. The fraction of sp³-hybridized carbons (Fsp3) is 0.400. The van der Waals surface area contributed by atoms with Crippen LogP contribution < -0.4 is 0 Å². The number of hydrogen-bond acceptors (Lipinski definition) is 4. The van der Waals surface area contributed by atoms with Crippen LogP contribution in [0.1, 0.15) is 5.56 Å². The van der Waals surface area contributed by atoms with E-state index in [1.807, 2.05) is 12.1 Å². The van der Waals surface area contributed by atoms with Crippen molar-refractivity contribution in [1.82, 2.24) is 10.0 Å². The maximum absolute atomic E-state index is 11.2. The lowest BCUT2D eigenvalue weighted by Crippen LogP contribution is -2.29. The summed E-state index contributed by atoms with van der Waals surface area (Å²) in [6, 6.07) is 3.68. The maximum Gasteiger partial charge on any atom is 0.271 e. The van der Waals surface area contributed by atoms with Crippen molar-refractivity contribution in [1.29, 1.82) is 0 Å². The van der Waals surface area contributed by atoms with Crippen molar-refractivity contribution in [2.45, 2.75) is 6.61 Å². The van der Waals surface area contributed by atoms with Crippen LogP contribution in [-0.2, 0) is 21.0 Å². The lowest BCUT2D eigenvalue weighted by Gasteiger charge is -2.13. The Morgan fingerprint density at radius 3 is 2.73 bits per heavy atom. The van der Waals surface area contributed by atoms with Gasteiger partial charge in [-0.05, 0) is 17.7 Å². The summed E-state index contributed by atoms with van der Waals surface area (Å²) in [4.78, 5) is 19.8. The largest absolute Gasteiger partial charge is 0.367 e. The molecule has 0 fully saturated rings. The van der Waals surface area contributed by atoms with E-state index < -0.39 is 0 Å². The minimum atomic E-state index is -0.216. The highest BCUT2D eigenvalue weighted by atomic mass is 16.7. The fourth-order valence-electron chi connectivity index (χ4n) is 0.928. The van der Waals surface area contributed by atoms with Crippen LogP contribution in [0.2, 0.25) is 0 Å². The molecule has 0 bridgehead atoms. The SMILES string of the molecule is CON(C)C(=O)COCc1ccncc1. The first-order chi connectivity index (χ1) is 7.24. The lowest BCUT2D eigenvalue weighted by atomic mass is 10.3. The van der Waals surface area contributed by atoms with E-state index >= 15 is 0 Å². The zero-order valence-corrected chi connectivity index (χ0v) is 8.84. The average Bonchev–Trinajstić information content (AvgIpc) is 2.29. The van der Waals surface area contributed by atoms with Crippen LogP contribution in [0.25, 0.3) is 0 Å². The Balaban J connectivity index is 2.25. The number of ether oxygens (including phenoxy) is 1. The predicted octanol–water partition coefficient (Wildman–Crippen LogP) is 0.618. The standard InChI is InChI=1S/C10H14N2O3/c1-12(14-2)10(13)8-15-7-9-3-5-11-6-4-9/h3-6H,7-8H2,1-2H3. The molecule has 82 valence electrons. The van der Waals surface area contributed by atoms with Gasteiger partial charge in [0.05, 0.1) is 13.7 Å². The molecule has 0 aliphatic heterocycles. The number of carbonyl (C=O) groups is 1. The minimum absolute atomic E-state index is 0.00661. The number of amides is 1. The number of rotatable bonds is 5. The van der Waals surface area contributed by atoms with Crippen LogP contribution >= 0.6 is 0 Å². The second-order valence-electron chi connectivity index (χ2n) is 2.92. The first-order valence-electron chi connectivity index (χ1n) is 4.51. The molecule has 0 atom stereocenters. The van der Waals surface area contributed by atoms with Crippen LogP contribution in [0, 0.1) is 0 Å². The van der Waals surface area contributed by atoms with E-state index in [1.54, 1.807) is 12.4 Å². The summed E-state index contributed by atoms with van der Waals surface area (Å²) in [6.45, 7) is 0.401. The first-order valence-corrected chi connectivity index (χ1v) is 4.51. The fourth-order valence-corrected chi connectivity index (χ4v) is 0.928. The number of pyridine rings is 1. The summed E-state index contributed by atoms with van der Waals surface area (Å²) in [6.07, 6.45) is 3.36. The third-order valence-corrected chi connectivity index (χ3v) is 1.87. The van der Waals surface area contributed by atoms with Crippen molar-refractivity contribution in [2.75, 3.05) is 20.8 Å². The van der Waals surface area contributed by atoms with Gasteiger partial charge in [-0.3, -0.25) is 14.6 Å². The van der Waals surface area contributed by atoms with E-state index in [2.05, 4.69) is 4.98 Å². The lowest BCUT2D eigenvalue weighted by molar-refractivity contribution is -0.173. The van der Waals surface area contributed by atoms with Crippen molar-refractivity contribution < 1.29 is 14.4 Å². The molecule has 1 amide bonds. The zero-order chi connectivity index (χ0) is 11.1. The van der Waals surface area contributed by atoms with Crippen LogP contribution in [0.15, 0.2) is 24.5 Å². The number of nitrogens with zero attached hydrogens (tertiary/aromatic N) is 2. The summed E-state index contributed by atoms with van der Waals surface area (Å²) in [5.74, 6) is -0.216. The first kappa shape index (κ1) is 11.6. The molecule has 5 nitrogen and oxygen atoms in total. The second-order valence-corrected chi connectivity index (χ2v) is 2.92. The number of likely N-dealkylation sites (N-methyl/N-ethyl adjacent to an activating group) is 1. The molecule has 0 unspecified atom stereocenters. The molecule has 0 aliphatic carbocycles. The topological polar surface area (TPSA) is 51.7 Å². The highest BCUT2D eigenvalue weighted by Crippen LogP contribution is 1.98. The molecule has 1 rings (SSSR count). The van der Waals surface area contributed by atoms with Gasteiger partial charge in [0.1, 0.15) is 6.61 Å². The van der Waals surface area contributed by atoms with Crippen LogP contribution in [0.5, 0.6) is 0 Å². The molecule has 0 radical (unpaired) electrons. The number of hydrogen-bond donors (Lipinski definition) is 0. The van der Waals surface area contributed by atoms with E-state index in [0.717, 1.165) is 10.6 Å². The van der Waals surface area contributed by atoms with Crippen molar-refractivity contribution in [3.63, 3.8) is 0 Å². The molecule has 0 aliphatic rings. The molecule has 0 spiro atoms. The molecule has 0 saturated carbocycles. The Labute approximate surface area is 88.6 Å². The Hall–Kier alpha value is -1.46. The highest BCUT2D eigenvalue weighted by molar-refractivity contribution is 5.75. The quantitative estimate of drug-likeness (QED) is 0.668. The minimum Gasteiger partial charge on any atom is -0.367 e. The van der Waals surface area contributed by atoms with E-state index in [-0.39, 0.29) is 12.5 Å². The van der Waals surface area contributed by atoms with Crippen molar-refractivity contribution in [3.8, 4) is 0 Å². The van der Waals surface area contributed by atoms with Crippen molar-refractivity contribution in [2.24, 2.45) is 0 Å². The van der Waals surface area contributed by atoms with Crippen LogP contribution in [0.4, 0.5) is 0 Å². The van der Waals surface area contributed by atoms with Gasteiger partial charge in [0, 0.05) is 19.4 Å². The third kappa shape index (κ3) is 4.05. The van der Waals surface area contributed by atoms with Gasteiger partial charge >= 0.3 is 0 Å². The van der Waals surface area contributed by atoms with Crippen LogP contribution in [0.3, 0.4) is 0 Å². The molecule has 0 saturated heterocycles. The van der Waals surface area contributed by atoms with E-state index in [1.165, 1.54) is 14.2 Å². The molecule has 0 aromatic carbocycles. The highest BCUT2D eigenvalue weighted by Gasteiger charge is 2.07. The Morgan fingerprint density at radius 1 is 1.47 bits per heavy atom. The van der Waals surface area contributed by atoms with Gasteiger partial charge in [-0.25, -0.2) is 5.06 Å². The zero-order valence-electron chi connectivity index (χ0n) is 8.84. The molecule has 1 aromatic heterocycles. The summed E-state index contributed by atoms with van der Waals surface area (Å²) >= 11 is 0. The second kappa shape index (κ2) is 6.10. The summed E-state index contributed by atoms with van der Waals surface area (Å²) in [5, 5.41) is 1.13. The van der Waals surface area contributed by atoms with Crippen LogP contribution in [-0.4, -0.2) is 36.7 Å². The Kier molecular flexibility index (Phi) is 4.73. The summed E-state index contributed by atoms with van der Waals surface area (Å²) in [7, 11) is 2.97. The molecule has 0 N–H and O–H groups in total. The summed E-state index contributed by atoms with van der Waals surface area (Å²) in [5.41, 5.74) is 0.984. The monoisotopic (exact) mass is 210 g/mol. The Morgan fingerprint density at radius 2 is 2.13 bits per heavy atom. The van der Waals surface area contributed by atoms with Gasteiger partial charge < -0.3 is 4.74 Å². The van der Waals surface area contributed by atoms with Gasteiger partial charge in [-0.15, -0.1) is 0 Å². The summed E-state index contributed by atoms with van der Waals surface area (Å²) < 4.78 is 5.21. The number of aromatic nitrogens is 1. The van der Waals surface area contributed by atoms with Gasteiger partial charge in [-0.2, -0.15) is 0 Å². The van der Waals surface area contributed by atoms with Crippen molar-refractivity contribution in [3.05, 3.63) is 30.1 Å². The van der Waals surface area contributed by atoms with Gasteiger partial charge in [0.25, 0.3) is 5.91 Å². The molecule has 5 heteroatoms. The van der Waals surface area contributed by atoms with E-state index in [9.17, 15) is 4.79 Å².